The van der Waals surface area contributed by atoms with Crippen LogP contribution in [0.1, 0.15) is 22.0 Å². The van der Waals surface area contributed by atoms with Gasteiger partial charge in [-0.2, -0.15) is 4.68 Å². The zero-order chi connectivity index (χ0) is 18.4. The van der Waals surface area contributed by atoms with Crippen LogP contribution in [0.4, 0.5) is 4.39 Å². The van der Waals surface area contributed by atoms with E-state index in [1.807, 2.05) is 42.5 Å². The number of benzene rings is 3. The zero-order valence-corrected chi connectivity index (χ0v) is 15.0. The smallest absolute Gasteiger partial charge is 0.250 e. The van der Waals surface area contributed by atoms with Gasteiger partial charge in [0.1, 0.15) is 5.82 Å². The van der Waals surface area contributed by atoms with Crippen molar-refractivity contribution in [2.45, 2.75) is 16.8 Å². The number of nitrogens with zero attached hydrogens (tertiary/aromatic N) is 3. The van der Waals surface area contributed by atoms with Crippen molar-refractivity contribution in [3.05, 3.63) is 78.1 Å². The molecule has 1 aliphatic heterocycles. The summed E-state index contributed by atoms with van der Waals surface area (Å²) in [6.07, 6.45) is 0.307. The predicted octanol–water partition coefficient (Wildman–Crippen LogP) is 5.11. The fourth-order valence-electron chi connectivity index (χ4n) is 3.35. The molecule has 0 spiro atoms. The molecule has 0 amide bonds. The maximum absolute atomic E-state index is 13.2. The van der Waals surface area contributed by atoms with Crippen LogP contribution in [-0.2, 0) is 0 Å². The first-order valence-corrected chi connectivity index (χ1v) is 9.47. The summed E-state index contributed by atoms with van der Waals surface area (Å²) in [5.41, 5.74) is 1.82. The summed E-state index contributed by atoms with van der Waals surface area (Å²) < 4.78 is 14.6. The van der Waals surface area contributed by atoms with Gasteiger partial charge in [0.15, 0.2) is 11.0 Å². The molecule has 4 aromatic rings. The van der Waals surface area contributed by atoms with E-state index in [2.05, 4.69) is 10.1 Å². The Labute approximate surface area is 159 Å². The molecule has 1 atom stereocenters. The Morgan fingerprint density at radius 3 is 2.63 bits per heavy atom. The van der Waals surface area contributed by atoms with Crippen LogP contribution in [0, 0.1) is 5.82 Å². The lowest BCUT2D eigenvalue weighted by molar-refractivity contribution is 0.0868. The molecule has 132 valence electrons. The second kappa shape index (κ2) is 6.32. The quantitative estimate of drug-likeness (QED) is 0.488. The molecule has 5 rings (SSSR count). The molecule has 1 aliphatic rings. The fourth-order valence-corrected chi connectivity index (χ4v) is 4.50. The van der Waals surface area contributed by atoms with Crippen molar-refractivity contribution < 1.29 is 9.18 Å². The van der Waals surface area contributed by atoms with Gasteiger partial charge in [-0.25, -0.2) is 9.37 Å². The average molecular weight is 375 g/mol. The largest absolute Gasteiger partial charge is 0.272 e. The second-order valence-corrected chi connectivity index (χ2v) is 7.58. The number of carbonyl (C=O) groups excluding carboxylic acids is 1. The Kier molecular flexibility index (Phi) is 3.79. The second-order valence-electron chi connectivity index (χ2n) is 6.41. The minimum absolute atomic E-state index is 0.0878. The highest BCUT2D eigenvalue weighted by Gasteiger charge is 2.30. The third kappa shape index (κ3) is 2.82. The third-order valence-electron chi connectivity index (χ3n) is 4.69. The van der Waals surface area contributed by atoms with Gasteiger partial charge in [0.05, 0.1) is 0 Å². The van der Waals surface area contributed by atoms with Gasteiger partial charge in [-0.3, -0.25) is 4.79 Å². The number of rotatable bonds is 2. The van der Waals surface area contributed by atoms with Crippen molar-refractivity contribution in [1.82, 2.24) is 14.8 Å². The Morgan fingerprint density at radius 2 is 1.78 bits per heavy atom. The normalized spacial score (nSPS) is 16.5. The van der Waals surface area contributed by atoms with E-state index >= 15 is 0 Å². The van der Waals surface area contributed by atoms with Crippen molar-refractivity contribution in [3.8, 4) is 11.4 Å². The maximum atomic E-state index is 13.2. The first-order valence-electron chi connectivity index (χ1n) is 8.59. The predicted molar refractivity (Wildman–Crippen MR) is 103 cm³/mol. The van der Waals surface area contributed by atoms with Crippen LogP contribution in [0.3, 0.4) is 0 Å². The van der Waals surface area contributed by atoms with Crippen LogP contribution in [0.25, 0.3) is 22.2 Å². The maximum Gasteiger partial charge on any atom is 0.250 e. The molecular formula is C21H14FN3OS. The number of aromatic nitrogens is 3. The summed E-state index contributed by atoms with van der Waals surface area (Å²) in [7, 11) is 0. The number of halogens is 1. The SMILES string of the molecule is O=C1C[C@H](c2ccc(F)cc2)Sc2nc(-c3cccc4ccccc34)nn21. The van der Waals surface area contributed by atoms with Gasteiger partial charge in [0.2, 0.25) is 0 Å². The first kappa shape index (κ1) is 16.2. The summed E-state index contributed by atoms with van der Waals surface area (Å²) in [6.45, 7) is 0. The molecule has 0 unspecified atom stereocenters. The minimum atomic E-state index is -0.285. The van der Waals surface area contributed by atoms with E-state index in [-0.39, 0.29) is 17.0 Å². The molecule has 4 nitrogen and oxygen atoms in total. The first-order chi connectivity index (χ1) is 13.2. The number of carbonyl (C=O) groups is 1. The van der Waals surface area contributed by atoms with Gasteiger partial charge in [-0.1, -0.05) is 66.4 Å². The van der Waals surface area contributed by atoms with Crippen LogP contribution in [0.2, 0.25) is 0 Å². The van der Waals surface area contributed by atoms with Crippen molar-refractivity contribution >= 4 is 28.4 Å². The molecule has 0 N–H and O–H groups in total. The average Bonchev–Trinajstić information content (AvgIpc) is 3.13. The Bertz CT molecular complexity index is 1160. The highest BCUT2D eigenvalue weighted by atomic mass is 32.2. The molecule has 27 heavy (non-hydrogen) atoms. The van der Waals surface area contributed by atoms with E-state index in [1.54, 1.807) is 12.1 Å². The summed E-state index contributed by atoms with van der Waals surface area (Å²) in [4.78, 5) is 17.3. The number of thioether (sulfide) groups is 1. The lowest BCUT2D eigenvalue weighted by Crippen LogP contribution is -2.20. The summed E-state index contributed by atoms with van der Waals surface area (Å²) in [6, 6.07) is 20.3. The van der Waals surface area contributed by atoms with Gasteiger partial charge in [0.25, 0.3) is 5.91 Å². The summed E-state index contributed by atoms with van der Waals surface area (Å²) in [5.74, 6) is 0.159. The molecule has 0 radical (unpaired) electrons. The molecule has 0 bridgehead atoms. The highest BCUT2D eigenvalue weighted by Crippen LogP contribution is 2.41. The van der Waals surface area contributed by atoms with Crippen molar-refractivity contribution in [2.24, 2.45) is 0 Å². The lowest BCUT2D eigenvalue weighted by atomic mass is 10.0. The van der Waals surface area contributed by atoms with E-state index < -0.39 is 0 Å². The van der Waals surface area contributed by atoms with E-state index in [0.717, 1.165) is 21.9 Å². The van der Waals surface area contributed by atoms with Gasteiger partial charge in [-0.05, 0) is 28.5 Å². The molecule has 3 aromatic carbocycles. The standard InChI is InChI=1S/C21H14FN3OS/c22-15-10-8-14(9-11-15)18-12-19(26)25-21(27-18)23-20(24-25)17-7-3-5-13-4-1-2-6-16(13)17/h1-11,18H,12H2/t18-/m1/s1. The molecule has 0 saturated carbocycles. The topological polar surface area (TPSA) is 47.8 Å². The van der Waals surface area contributed by atoms with Crippen LogP contribution in [0.15, 0.2) is 71.9 Å². The Morgan fingerprint density at radius 1 is 1.00 bits per heavy atom. The van der Waals surface area contributed by atoms with Crippen LogP contribution >= 0.6 is 11.8 Å². The highest BCUT2D eigenvalue weighted by molar-refractivity contribution is 7.99. The Hall–Kier alpha value is -2.99. The van der Waals surface area contributed by atoms with E-state index in [4.69, 9.17) is 0 Å². The molecule has 0 fully saturated rings. The monoisotopic (exact) mass is 375 g/mol. The van der Waals surface area contributed by atoms with Crippen LogP contribution in [-0.4, -0.2) is 20.7 Å². The van der Waals surface area contributed by atoms with Gasteiger partial charge in [-0.15, -0.1) is 5.10 Å². The van der Waals surface area contributed by atoms with Crippen molar-refractivity contribution in [3.63, 3.8) is 0 Å². The molecule has 6 heteroatoms. The molecule has 0 saturated heterocycles. The number of hydrogen-bond donors (Lipinski definition) is 0. The summed E-state index contributed by atoms with van der Waals surface area (Å²) in [5, 5.41) is 7.11. The van der Waals surface area contributed by atoms with E-state index in [9.17, 15) is 9.18 Å². The van der Waals surface area contributed by atoms with E-state index in [1.165, 1.54) is 28.6 Å². The molecular weight excluding hydrogens is 361 g/mol. The minimum Gasteiger partial charge on any atom is -0.272 e. The molecule has 0 aliphatic carbocycles. The fraction of sp³-hybridized carbons (Fsp3) is 0.0952. The number of hydrogen-bond acceptors (Lipinski definition) is 4. The van der Waals surface area contributed by atoms with Gasteiger partial charge in [0, 0.05) is 17.2 Å². The summed E-state index contributed by atoms with van der Waals surface area (Å²) >= 11 is 1.49. The van der Waals surface area contributed by atoms with Crippen LogP contribution in [0.5, 0.6) is 0 Å². The van der Waals surface area contributed by atoms with Crippen molar-refractivity contribution in [1.29, 1.82) is 0 Å². The van der Waals surface area contributed by atoms with Gasteiger partial charge < -0.3 is 0 Å². The molecule has 1 aromatic heterocycles. The Balaban J connectivity index is 1.56. The third-order valence-corrected chi connectivity index (χ3v) is 5.89. The van der Waals surface area contributed by atoms with Crippen molar-refractivity contribution in [2.75, 3.05) is 0 Å². The van der Waals surface area contributed by atoms with Gasteiger partial charge >= 0.3 is 0 Å². The lowest BCUT2D eigenvalue weighted by Gasteiger charge is -2.20. The zero-order valence-electron chi connectivity index (χ0n) is 14.2. The number of fused-ring (bicyclic) bond motifs is 2. The van der Waals surface area contributed by atoms with E-state index in [0.29, 0.717) is 17.4 Å². The van der Waals surface area contributed by atoms with Crippen LogP contribution < -0.4 is 0 Å². The molecule has 2 heterocycles.